The zero-order chi connectivity index (χ0) is 30.3. The molecule has 4 bridgehead atoms. The number of nitrogens with one attached hydrogen (secondary N) is 1. The summed E-state index contributed by atoms with van der Waals surface area (Å²) in [5, 5.41) is 22.0. The minimum Gasteiger partial charge on any atom is -0.508 e. The number of hydrogen-bond acceptors (Lipinski definition) is 7. The van der Waals surface area contributed by atoms with Crippen LogP contribution in [0.15, 0.2) is 54.6 Å². The standard InChI is InChI=1S/C36H45N5O3/c1-24(2)44-32-16-28(15-30(18-32)29-4-3-5-31(42)17-29)22-40-8-10-41(11-9-40)34-7-6-33(38-39-34)35(43)37-23-36-19-25-12-26(20-36)14-27(13-25)21-36/h3-7,15-18,24-27,42H,8-14,19-23H2,1-2H3,(H,37,43). The van der Waals surface area contributed by atoms with Crippen LogP contribution in [0.5, 0.6) is 11.5 Å². The van der Waals surface area contributed by atoms with Gasteiger partial charge in [-0.05, 0) is 135 Å². The Bertz CT molecular complexity index is 1450. The molecule has 8 rings (SSSR count). The van der Waals surface area contributed by atoms with Gasteiger partial charge in [0.05, 0.1) is 6.10 Å². The van der Waals surface area contributed by atoms with E-state index in [9.17, 15) is 9.90 Å². The van der Waals surface area contributed by atoms with Crippen LogP contribution in [0.3, 0.4) is 0 Å². The molecule has 2 N–H and O–H groups in total. The van der Waals surface area contributed by atoms with Gasteiger partial charge in [0.15, 0.2) is 11.5 Å². The van der Waals surface area contributed by atoms with E-state index in [-0.39, 0.29) is 17.8 Å². The SMILES string of the molecule is CC(C)Oc1cc(CN2CCN(c3ccc(C(=O)NCC45CC6CC(CC(C6)C4)C5)nn3)CC2)cc(-c2cccc(O)c2)c1. The smallest absolute Gasteiger partial charge is 0.271 e. The molecule has 0 atom stereocenters. The number of aromatic hydroxyl groups is 1. The molecule has 0 spiro atoms. The predicted octanol–water partition coefficient (Wildman–Crippen LogP) is 5.90. The molecule has 44 heavy (non-hydrogen) atoms. The highest BCUT2D eigenvalue weighted by atomic mass is 16.5. The molecule has 5 aliphatic rings. The summed E-state index contributed by atoms with van der Waals surface area (Å²) < 4.78 is 6.07. The second-order valence-corrected chi connectivity index (χ2v) is 14.2. The van der Waals surface area contributed by atoms with E-state index in [1.165, 1.54) is 44.1 Å². The third-order valence-electron chi connectivity index (χ3n) is 10.3. The Morgan fingerprint density at radius 2 is 1.66 bits per heavy atom. The van der Waals surface area contributed by atoms with E-state index in [1.807, 2.05) is 44.2 Å². The van der Waals surface area contributed by atoms with Crippen LogP contribution in [0.1, 0.15) is 68.4 Å². The molecule has 2 heterocycles. The van der Waals surface area contributed by atoms with Crippen LogP contribution in [0.2, 0.25) is 0 Å². The van der Waals surface area contributed by atoms with Crippen molar-refractivity contribution in [1.29, 1.82) is 0 Å². The Hall–Kier alpha value is -3.65. The molecule has 5 fully saturated rings. The van der Waals surface area contributed by atoms with Crippen LogP contribution >= 0.6 is 0 Å². The highest BCUT2D eigenvalue weighted by Gasteiger charge is 2.50. The topological polar surface area (TPSA) is 90.8 Å². The largest absolute Gasteiger partial charge is 0.508 e. The number of amides is 1. The number of aromatic nitrogens is 2. The normalized spacial score (nSPS) is 26.2. The summed E-state index contributed by atoms with van der Waals surface area (Å²) in [5.74, 6) is 4.45. The van der Waals surface area contributed by atoms with E-state index >= 15 is 0 Å². The first kappa shape index (κ1) is 29.1. The van der Waals surface area contributed by atoms with Crippen molar-refractivity contribution in [1.82, 2.24) is 20.4 Å². The lowest BCUT2D eigenvalue weighted by molar-refractivity contribution is -0.0503. The number of anilines is 1. The molecule has 4 saturated carbocycles. The fraction of sp³-hybridized carbons (Fsp3) is 0.528. The van der Waals surface area contributed by atoms with Crippen molar-refractivity contribution in [3.63, 3.8) is 0 Å². The maximum Gasteiger partial charge on any atom is 0.271 e. The zero-order valence-corrected chi connectivity index (χ0v) is 26.0. The van der Waals surface area contributed by atoms with Gasteiger partial charge in [-0.1, -0.05) is 12.1 Å². The van der Waals surface area contributed by atoms with Gasteiger partial charge in [0.25, 0.3) is 5.91 Å². The van der Waals surface area contributed by atoms with E-state index in [2.05, 4.69) is 37.4 Å². The Labute approximate surface area is 260 Å². The van der Waals surface area contributed by atoms with Crippen molar-refractivity contribution < 1.29 is 14.6 Å². The molecule has 1 aromatic heterocycles. The van der Waals surface area contributed by atoms with Crippen LogP contribution < -0.4 is 15.0 Å². The van der Waals surface area contributed by atoms with Crippen LogP contribution in [0.4, 0.5) is 5.82 Å². The lowest BCUT2D eigenvalue weighted by atomic mass is 9.49. The molecule has 2 aromatic carbocycles. The van der Waals surface area contributed by atoms with Crippen molar-refractivity contribution in [2.24, 2.45) is 23.2 Å². The van der Waals surface area contributed by atoms with Crippen LogP contribution in [0, 0.1) is 23.2 Å². The fourth-order valence-corrected chi connectivity index (χ4v) is 8.82. The van der Waals surface area contributed by atoms with Crippen molar-refractivity contribution in [2.75, 3.05) is 37.6 Å². The highest BCUT2D eigenvalue weighted by Crippen LogP contribution is 2.59. The number of piperazine rings is 1. The van der Waals surface area contributed by atoms with Crippen LogP contribution in [-0.4, -0.2) is 64.9 Å². The molecule has 4 aliphatic carbocycles. The molecule has 232 valence electrons. The molecule has 0 unspecified atom stereocenters. The zero-order valence-electron chi connectivity index (χ0n) is 26.0. The summed E-state index contributed by atoms with van der Waals surface area (Å²) in [6, 6.07) is 17.5. The number of nitrogens with zero attached hydrogens (tertiary/aromatic N) is 4. The Balaban J connectivity index is 0.939. The summed E-state index contributed by atoms with van der Waals surface area (Å²) in [5.41, 5.74) is 3.90. The van der Waals surface area contributed by atoms with E-state index < -0.39 is 0 Å². The van der Waals surface area contributed by atoms with Gasteiger partial charge in [-0.2, -0.15) is 0 Å². The summed E-state index contributed by atoms with van der Waals surface area (Å²) in [6.45, 7) is 9.13. The van der Waals surface area contributed by atoms with Crippen molar-refractivity contribution in [2.45, 2.75) is 65.0 Å². The van der Waals surface area contributed by atoms with E-state index in [0.717, 1.165) is 79.7 Å². The van der Waals surface area contributed by atoms with Gasteiger partial charge in [-0.25, -0.2) is 0 Å². The number of phenols is 1. The number of phenolic OH excluding ortho intramolecular Hbond substituents is 1. The first-order valence-corrected chi connectivity index (χ1v) is 16.5. The van der Waals surface area contributed by atoms with Crippen LogP contribution in [-0.2, 0) is 6.54 Å². The number of benzene rings is 2. The lowest BCUT2D eigenvalue weighted by Crippen LogP contribution is -2.51. The monoisotopic (exact) mass is 595 g/mol. The first-order chi connectivity index (χ1) is 21.3. The van der Waals surface area contributed by atoms with Gasteiger partial charge in [0.2, 0.25) is 0 Å². The molecular weight excluding hydrogens is 550 g/mol. The van der Waals surface area contributed by atoms with Gasteiger partial charge < -0.3 is 20.1 Å². The molecule has 1 amide bonds. The van der Waals surface area contributed by atoms with E-state index in [4.69, 9.17) is 4.74 Å². The van der Waals surface area contributed by atoms with Crippen LogP contribution in [0.25, 0.3) is 11.1 Å². The quantitative estimate of drug-likeness (QED) is 0.318. The summed E-state index contributed by atoms with van der Waals surface area (Å²) in [4.78, 5) is 17.7. The number of ether oxygens (including phenoxy) is 1. The molecule has 8 heteroatoms. The van der Waals surface area contributed by atoms with Crippen molar-refractivity contribution in [3.8, 4) is 22.6 Å². The number of carbonyl (C=O) groups excluding carboxylic acids is 1. The minimum absolute atomic E-state index is 0.0751. The predicted molar refractivity (Wildman–Crippen MR) is 172 cm³/mol. The highest BCUT2D eigenvalue weighted by molar-refractivity contribution is 5.92. The molecule has 0 radical (unpaired) electrons. The number of hydrogen-bond donors (Lipinski definition) is 2. The Morgan fingerprint density at radius 3 is 2.30 bits per heavy atom. The van der Waals surface area contributed by atoms with E-state index in [0.29, 0.717) is 11.1 Å². The minimum atomic E-state index is -0.0987. The Morgan fingerprint density at radius 1 is 0.932 bits per heavy atom. The van der Waals surface area contributed by atoms with Crippen molar-refractivity contribution in [3.05, 3.63) is 65.9 Å². The number of carbonyl (C=O) groups is 1. The summed E-state index contributed by atoms with van der Waals surface area (Å²) in [7, 11) is 0. The molecule has 8 nitrogen and oxygen atoms in total. The average Bonchev–Trinajstić information content (AvgIpc) is 2.99. The molecule has 1 saturated heterocycles. The lowest BCUT2D eigenvalue weighted by Gasteiger charge is -2.56. The average molecular weight is 596 g/mol. The van der Waals surface area contributed by atoms with Gasteiger partial charge in [0, 0.05) is 39.3 Å². The number of rotatable bonds is 9. The van der Waals surface area contributed by atoms with Gasteiger partial charge in [-0.15, -0.1) is 10.2 Å². The Kier molecular flexibility index (Phi) is 7.95. The molecule has 1 aliphatic heterocycles. The second kappa shape index (κ2) is 12.0. The van der Waals surface area contributed by atoms with Gasteiger partial charge >= 0.3 is 0 Å². The third kappa shape index (κ3) is 6.41. The van der Waals surface area contributed by atoms with Gasteiger partial charge in [-0.3, -0.25) is 9.69 Å². The maximum absolute atomic E-state index is 13.0. The molecular formula is C36H45N5O3. The van der Waals surface area contributed by atoms with Crippen molar-refractivity contribution >= 4 is 11.7 Å². The summed E-state index contributed by atoms with van der Waals surface area (Å²) in [6.07, 6.45) is 8.16. The molecule has 3 aromatic rings. The fourth-order valence-electron chi connectivity index (χ4n) is 8.82. The van der Waals surface area contributed by atoms with E-state index in [1.54, 1.807) is 12.1 Å². The maximum atomic E-state index is 13.0. The third-order valence-corrected chi connectivity index (χ3v) is 10.3. The first-order valence-electron chi connectivity index (χ1n) is 16.5. The summed E-state index contributed by atoms with van der Waals surface area (Å²) >= 11 is 0. The second-order valence-electron chi connectivity index (χ2n) is 14.2. The van der Waals surface area contributed by atoms with Gasteiger partial charge in [0.1, 0.15) is 11.5 Å².